The van der Waals surface area contributed by atoms with Crippen LogP contribution in [-0.2, 0) is 4.79 Å². The minimum atomic E-state index is -0.499. The Kier molecular flexibility index (Phi) is 4.78. The van der Waals surface area contributed by atoms with E-state index in [0.29, 0.717) is 11.4 Å². The SMILES string of the molecule is Cc1cccc(NC(=O)/C(C#N)=C\Nc2cccc(O)c2)c1. The van der Waals surface area contributed by atoms with Gasteiger partial charge in [0.15, 0.2) is 0 Å². The number of nitrogens with one attached hydrogen (secondary N) is 2. The summed E-state index contributed by atoms with van der Waals surface area (Å²) in [6.45, 7) is 1.92. The molecule has 0 bridgehead atoms. The van der Waals surface area contributed by atoms with Gasteiger partial charge >= 0.3 is 0 Å². The Morgan fingerprint density at radius 1 is 1.18 bits per heavy atom. The highest BCUT2D eigenvalue weighted by atomic mass is 16.3. The van der Waals surface area contributed by atoms with Gasteiger partial charge in [0.25, 0.3) is 5.91 Å². The van der Waals surface area contributed by atoms with Crippen molar-refractivity contribution in [2.24, 2.45) is 0 Å². The van der Waals surface area contributed by atoms with Gasteiger partial charge in [0.2, 0.25) is 0 Å². The number of nitriles is 1. The van der Waals surface area contributed by atoms with E-state index >= 15 is 0 Å². The van der Waals surface area contributed by atoms with Crippen LogP contribution in [0.5, 0.6) is 5.75 Å². The van der Waals surface area contributed by atoms with E-state index in [4.69, 9.17) is 5.26 Å². The third-order valence-corrected chi connectivity index (χ3v) is 2.87. The predicted molar refractivity (Wildman–Crippen MR) is 85.2 cm³/mol. The van der Waals surface area contributed by atoms with Crippen molar-refractivity contribution >= 4 is 17.3 Å². The zero-order valence-corrected chi connectivity index (χ0v) is 12.0. The van der Waals surface area contributed by atoms with Crippen molar-refractivity contribution in [2.75, 3.05) is 10.6 Å². The summed E-state index contributed by atoms with van der Waals surface area (Å²) in [5.41, 5.74) is 2.16. The second-order valence-corrected chi connectivity index (χ2v) is 4.69. The molecule has 1 amide bonds. The van der Waals surface area contributed by atoms with Gasteiger partial charge in [-0.2, -0.15) is 5.26 Å². The Labute approximate surface area is 128 Å². The smallest absolute Gasteiger partial charge is 0.267 e. The lowest BCUT2D eigenvalue weighted by Gasteiger charge is -2.06. The van der Waals surface area contributed by atoms with Crippen molar-refractivity contribution in [3.63, 3.8) is 0 Å². The highest BCUT2D eigenvalue weighted by molar-refractivity contribution is 6.06. The molecule has 0 radical (unpaired) electrons. The van der Waals surface area contributed by atoms with Crippen molar-refractivity contribution in [2.45, 2.75) is 6.92 Å². The van der Waals surface area contributed by atoms with Crippen molar-refractivity contribution in [3.8, 4) is 11.8 Å². The number of aromatic hydroxyl groups is 1. The van der Waals surface area contributed by atoms with Gasteiger partial charge in [-0.3, -0.25) is 4.79 Å². The summed E-state index contributed by atoms with van der Waals surface area (Å²) in [5, 5.41) is 23.9. The molecule has 0 saturated heterocycles. The van der Waals surface area contributed by atoms with Crippen LogP contribution in [0.1, 0.15) is 5.56 Å². The number of phenols is 1. The van der Waals surface area contributed by atoms with Crippen molar-refractivity contribution in [1.29, 1.82) is 5.26 Å². The molecule has 2 aromatic rings. The zero-order valence-electron chi connectivity index (χ0n) is 12.0. The van der Waals surface area contributed by atoms with Crippen LogP contribution in [0, 0.1) is 18.3 Å². The maximum atomic E-state index is 12.1. The lowest BCUT2D eigenvalue weighted by Crippen LogP contribution is -2.14. The molecule has 22 heavy (non-hydrogen) atoms. The molecule has 0 aliphatic carbocycles. The van der Waals surface area contributed by atoms with Crippen LogP contribution in [0.15, 0.2) is 60.3 Å². The molecular weight excluding hydrogens is 278 g/mol. The maximum absolute atomic E-state index is 12.1. The van der Waals surface area contributed by atoms with Crippen LogP contribution in [-0.4, -0.2) is 11.0 Å². The first kappa shape index (κ1) is 15.1. The molecule has 5 nitrogen and oxygen atoms in total. The minimum absolute atomic E-state index is 0.0650. The number of rotatable bonds is 4. The summed E-state index contributed by atoms with van der Waals surface area (Å²) in [5.74, 6) is -0.401. The Balaban J connectivity index is 2.09. The monoisotopic (exact) mass is 293 g/mol. The van der Waals surface area contributed by atoms with E-state index in [1.54, 1.807) is 18.2 Å². The lowest BCUT2D eigenvalue weighted by molar-refractivity contribution is -0.112. The fourth-order valence-corrected chi connectivity index (χ4v) is 1.82. The first-order chi connectivity index (χ1) is 10.6. The quantitative estimate of drug-likeness (QED) is 0.597. The Morgan fingerprint density at radius 3 is 2.59 bits per heavy atom. The number of amides is 1. The molecule has 0 spiro atoms. The van der Waals surface area contributed by atoms with E-state index in [9.17, 15) is 9.90 Å². The number of nitrogens with zero attached hydrogens (tertiary/aromatic N) is 1. The van der Waals surface area contributed by atoms with Crippen molar-refractivity contribution in [3.05, 3.63) is 65.9 Å². The summed E-state index contributed by atoms with van der Waals surface area (Å²) in [4.78, 5) is 12.1. The summed E-state index contributed by atoms with van der Waals surface area (Å²) < 4.78 is 0. The van der Waals surface area contributed by atoms with E-state index in [2.05, 4.69) is 10.6 Å². The number of carbonyl (C=O) groups excluding carboxylic acids is 1. The molecule has 2 rings (SSSR count). The maximum Gasteiger partial charge on any atom is 0.267 e. The van der Waals surface area contributed by atoms with Crippen molar-refractivity contribution in [1.82, 2.24) is 0 Å². The molecule has 0 aliphatic heterocycles. The van der Waals surface area contributed by atoms with Crippen LogP contribution < -0.4 is 10.6 Å². The second-order valence-electron chi connectivity index (χ2n) is 4.69. The molecule has 0 heterocycles. The number of hydrogen-bond donors (Lipinski definition) is 3. The fraction of sp³-hybridized carbons (Fsp3) is 0.0588. The van der Waals surface area contributed by atoms with Gasteiger partial charge in [0, 0.05) is 23.6 Å². The van der Waals surface area contributed by atoms with Crippen LogP contribution in [0.25, 0.3) is 0 Å². The van der Waals surface area contributed by atoms with Crippen LogP contribution in [0.2, 0.25) is 0 Å². The van der Waals surface area contributed by atoms with Gasteiger partial charge in [0.1, 0.15) is 17.4 Å². The number of anilines is 2. The largest absolute Gasteiger partial charge is 0.508 e. The molecule has 2 aromatic carbocycles. The molecule has 0 aliphatic rings. The summed E-state index contributed by atoms with van der Waals surface area (Å²) >= 11 is 0. The van der Waals surface area contributed by atoms with Gasteiger partial charge in [-0.1, -0.05) is 18.2 Å². The van der Waals surface area contributed by atoms with Gasteiger partial charge in [-0.25, -0.2) is 0 Å². The molecule has 0 unspecified atom stereocenters. The molecule has 0 aromatic heterocycles. The first-order valence-corrected chi connectivity index (χ1v) is 6.62. The molecular formula is C17H15N3O2. The summed E-state index contributed by atoms with van der Waals surface area (Å²) in [6, 6.07) is 15.5. The van der Waals surface area contributed by atoms with Crippen LogP contribution in [0.4, 0.5) is 11.4 Å². The van der Waals surface area contributed by atoms with Gasteiger partial charge < -0.3 is 15.7 Å². The van der Waals surface area contributed by atoms with E-state index in [1.807, 2.05) is 31.2 Å². The highest BCUT2D eigenvalue weighted by Crippen LogP contribution is 2.16. The van der Waals surface area contributed by atoms with Gasteiger partial charge in [-0.15, -0.1) is 0 Å². The molecule has 0 saturated carbocycles. The third kappa shape index (κ3) is 4.12. The Morgan fingerprint density at radius 2 is 1.91 bits per heavy atom. The average molecular weight is 293 g/mol. The predicted octanol–water partition coefficient (Wildman–Crippen LogP) is 3.16. The molecule has 110 valence electrons. The standard InChI is InChI=1S/C17H15N3O2/c1-12-4-2-6-15(8-12)20-17(22)13(10-18)11-19-14-5-3-7-16(21)9-14/h2-9,11,19,21H,1H3,(H,20,22)/b13-11-. The van der Waals surface area contributed by atoms with E-state index < -0.39 is 5.91 Å². The highest BCUT2D eigenvalue weighted by Gasteiger charge is 2.09. The number of aryl methyl sites for hydroxylation is 1. The van der Waals surface area contributed by atoms with Crippen molar-refractivity contribution < 1.29 is 9.90 Å². The van der Waals surface area contributed by atoms with E-state index in [-0.39, 0.29) is 11.3 Å². The van der Waals surface area contributed by atoms with Gasteiger partial charge in [0.05, 0.1) is 0 Å². The normalized spacial score (nSPS) is 10.6. The minimum Gasteiger partial charge on any atom is -0.508 e. The molecule has 5 heteroatoms. The number of hydrogen-bond acceptors (Lipinski definition) is 4. The number of benzene rings is 2. The summed E-state index contributed by atoms with van der Waals surface area (Å²) in [7, 11) is 0. The molecule has 3 N–H and O–H groups in total. The van der Waals surface area contributed by atoms with Gasteiger partial charge in [-0.05, 0) is 36.8 Å². The second kappa shape index (κ2) is 6.95. The number of carbonyl (C=O) groups is 1. The molecule has 0 fully saturated rings. The molecule has 0 atom stereocenters. The fourth-order valence-electron chi connectivity index (χ4n) is 1.82. The van der Waals surface area contributed by atoms with E-state index in [0.717, 1.165) is 5.56 Å². The summed E-state index contributed by atoms with van der Waals surface area (Å²) in [6.07, 6.45) is 1.31. The Hall–Kier alpha value is -3.26. The van der Waals surface area contributed by atoms with Crippen LogP contribution in [0.3, 0.4) is 0 Å². The van der Waals surface area contributed by atoms with Crippen LogP contribution >= 0.6 is 0 Å². The third-order valence-electron chi connectivity index (χ3n) is 2.87. The lowest BCUT2D eigenvalue weighted by atomic mass is 10.2. The topological polar surface area (TPSA) is 85.2 Å². The average Bonchev–Trinajstić information content (AvgIpc) is 2.48. The Bertz CT molecular complexity index is 760. The number of phenolic OH excluding ortho intramolecular Hbond substituents is 1. The first-order valence-electron chi connectivity index (χ1n) is 6.62. The van der Waals surface area contributed by atoms with E-state index in [1.165, 1.54) is 18.3 Å². The zero-order chi connectivity index (χ0) is 15.9.